The number of likely N-dealkylation sites (N-methyl/N-ethyl adjacent to an activating group) is 1. The molecule has 7 nitrogen and oxygen atoms in total. The van der Waals surface area contributed by atoms with Gasteiger partial charge in [-0.05, 0) is 35.7 Å². The summed E-state index contributed by atoms with van der Waals surface area (Å²) in [5, 5.41) is 9.84. The Morgan fingerprint density at radius 3 is 2.35 bits per heavy atom. The van der Waals surface area contributed by atoms with E-state index in [2.05, 4.69) is 0 Å². The van der Waals surface area contributed by atoms with Crippen LogP contribution in [-0.4, -0.2) is 67.5 Å². The zero-order valence-electron chi connectivity index (χ0n) is 21.4. The fourth-order valence-corrected chi connectivity index (χ4v) is 6.36. The lowest BCUT2D eigenvalue weighted by Gasteiger charge is -2.37. The van der Waals surface area contributed by atoms with Crippen LogP contribution in [0.15, 0.2) is 83.8 Å². The van der Waals surface area contributed by atoms with Crippen molar-refractivity contribution < 1.29 is 23.1 Å². The lowest BCUT2D eigenvalue weighted by Crippen LogP contribution is -2.50. The molecule has 0 aromatic heterocycles. The Morgan fingerprint density at radius 1 is 1.05 bits per heavy atom. The average Bonchev–Trinajstić information content (AvgIpc) is 2.91. The molecule has 0 bridgehead atoms. The predicted octanol–water partition coefficient (Wildman–Crippen LogP) is 3.82. The minimum absolute atomic E-state index is 0.0458. The summed E-state index contributed by atoms with van der Waals surface area (Å²) < 4.78 is 35.1. The third kappa shape index (κ3) is 6.04. The molecule has 8 heteroatoms. The molecular weight excluding hydrogens is 488 g/mol. The van der Waals surface area contributed by atoms with Crippen molar-refractivity contribution >= 4 is 15.9 Å². The molecule has 0 aliphatic carbocycles. The quantitative estimate of drug-likeness (QED) is 0.510. The molecular formula is C29H34N2O5S. The van der Waals surface area contributed by atoms with E-state index in [0.29, 0.717) is 6.54 Å². The zero-order valence-corrected chi connectivity index (χ0v) is 22.3. The fraction of sp³-hybridized carbons (Fsp3) is 0.345. The summed E-state index contributed by atoms with van der Waals surface area (Å²) in [6, 6.07) is 23.7. The molecule has 3 atom stereocenters. The molecule has 1 aliphatic heterocycles. The average molecular weight is 523 g/mol. The van der Waals surface area contributed by atoms with Crippen LogP contribution in [0.5, 0.6) is 5.75 Å². The molecule has 4 rings (SSSR count). The Hall–Kier alpha value is -3.20. The summed E-state index contributed by atoms with van der Waals surface area (Å²) in [4.78, 5) is 14.7. The maximum Gasteiger partial charge on any atom is 0.247 e. The maximum atomic E-state index is 13.7. The Labute approximate surface area is 219 Å². The highest BCUT2D eigenvalue weighted by molar-refractivity contribution is 7.89. The summed E-state index contributed by atoms with van der Waals surface area (Å²) in [6.07, 6.45) is -0.187. The molecule has 0 saturated carbocycles. The summed E-state index contributed by atoms with van der Waals surface area (Å²) >= 11 is 0. The smallest absolute Gasteiger partial charge is 0.247 e. The van der Waals surface area contributed by atoms with E-state index in [9.17, 15) is 18.3 Å². The molecule has 0 unspecified atom stereocenters. The van der Waals surface area contributed by atoms with Crippen molar-refractivity contribution in [1.29, 1.82) is 0 Å². The van der Waals surface area contributed by atoms with Crippen LogP contribution in [-0.2, 0) is 21.2 Å². The molecule has 1 amide bonds. The third-order valence-electron chi connectivity index (χ3n) is 6.85. The third-order valence-corrected chi connectivity index (χ3v) is 8.87. The van der Waals surface area contributed by atoms with E-state index in [0.717, 1.165) is 16.7 Å². The van der Waals surface area contributed by atoms with Gasteiger partial charge in [-0.15, -0.1) is 0 Å². The topological polar surface area (TPSA) is 87.2 Å². The van der Waals surface area contributed by atoms with Crippen molar-refractivity contribution in [3.8, 4) is 16.9 Å². The van der Waals surface area contributed by atoms with Gasteiger partial charge in [-0.3, -0.25) is 4.79 Å². The highest BCUT2D eigenvalue weighted by atomic mass is 32.2. The van der Waals surface area contributed by atoms with E-state index in [1.807, 2.05) is 67.6 Å². The number of hydrogen-bond acceptors (Lipinski definition) is 5. The van der Waals surface area contributed by atoms with Crippen LogP contribution in [0.25, 0.3) is 11.1 Å². The van der Waals surface area contributed by atoms with Gasteiger partial charge in [0.2, 0.25) is 15.9 Å². The van der Waals surface area contributed by atoms with Gasteiger partial charge in [0.25, 0.3) is 0 Å². The first-order valence-electron chi connectivity index (χ1n) is 12.5. The van der Waals surface area contributed by atoms with Crippen molar-refractivity contribution in [1.82, 2.24) is 9.21 Å². The minimum atomic E-state index is -3.93. The highest BCUT2D eigenvalue weighted by Crippen LogP contribution is 2.36. The lowest BCUT2D eigenvalue weighted by molar-refractivity contribution is -0.130. The van der Waals surface area contributed by atoms with Gasteiger partial charge in [0.1, 0.15) is 16.7 Å². The molecule has 3 aromatic rings. The number of benzene rings is 3. The maximum absolute atomic E-state index is 13.7. The molecule has 37 heavy (non-hydrogen) atoms. The Kier molecular flexibility index (Phi) is 8.32. The van der Waals surface area contributed by atoms with Gasteiger partial charge in [0.05, 0.1) is 19.6 Å². The van der Waals surface area contributed by atoms with Crippen molar-refractivity contribution in [2.45, 2.75) is 37.3 Å². The number of nitrogens with zero attached hydrogens (tertiary/aromatic N) is 2. The molecule has 1 aliphatic rings. The Bertz CT molecular complexity index is 1310. The number of rotatable bonds is 7. The van der Waals surface area contributed by atoms with Crippen LogP contribution in [0.2, 0.25) is 0 Å². The lowest BCUT2D eigenvalue weighted by atomic mass is 10.0. The van der Waals surface area contributed by atoms with Crippen LogP contribution in [0.3, 0.4) is 0 Å². The minimum Gasteiger partial charge on any atom is -0.487 e. The van der Waals surface area contributed by atoms with Crippen molar-refractivity contribution in [3.63, 3.8) is 0 Å². The number of carbonyl (C=O) groups is 1. The first kappa shape index (κ1) is 26.9. The molecule has 0 radical (unpaired) electrons. The number of aliphatic hydroxyl groups excluding tert-OH is 1. The number of amides is 1. The van der Waals surface area contributed by atoms with Crippen LogP contribution >= 0.6 is 0 Å². The van der Waals surface area contributed by atoms with Crippen LogP contribution < -0.4 is 4.74 Å². The molecule has 0 spiro atoms. The van der Waals surface area contributed by atoms with E-state index < -0.39 is 22.2 Å². The second-order valence-electron chi connectivity index (χ2n) is 9.70. The summed E-state index contributed by atoms with van der Waals surface area (Å²) in [6.45, 7) is 3.76. The number of sulfonamides is 1. The van der Waals surface area contributed by atoms with Gasteiger partial charge in [0, 0.05) is 25.6 Å². The van der Waals surface area contributed by atoms with Gasteiger partial charge in [0.15, 0.2) is 0 Å². The van der Waals surface area contributed by atoms with Crippen LogP contribution in [0.4, 0.5) is 0 Å². The zero-order chi connectivity index (χ0) is 26.6. The molecule has 3 aromatic carbocycles. The monoisotopic (exact) mass is 522 g/mol. The van der Waals surface area contributed by atoms with Crippen molar-refractivity contribution in [3.05, 3.63) is 84.4 Å². The van der Waals surface area contributed by atoms with E-state index in [4.69, 9.17) is 4.74 Å². The molecule has 1 heterocycles. The van der Waals surface area contributed by atoms with Gasteiger partial charge in [-0.25, -0.2) is 8.42 Å². The predicted molar refractivity (Wildman–Crippen MR) is 144 cm³/mol. The fourth-order valence-electron chi connectivity index (χ4n) is 4.53. The second-order valence-corrected chi connectivity index (χ2v) is 11.6. The number of carbonyl (C=O) groups excluding carboxylic acids is 1. The van der Waals surface area contributed by atoms with Gasteiger partial charge in [-0.1, -0.05) is 73.7 Å². The summed E-state index contributed by atoms with van der Waals surface area (Å²) in [7, 11) is -2.18. The van der Waals surface area contributed by atoms with E-state index in [1.54, 1.807) is 37.1 Å². The Balaban J connectivity index is 1.69. The molecule has 0 saturated heterocycles. The first-order chi connectivity index (χ1) is 17.7. The Morgan fingerprint density at radius 2 is 1.70 bits per heavy atom. The van der Waals surface area contributed by atoms with Gasteiger partial charge >= 0.3 is 0 Å². The number of fused-ring (bicyclic) bond motifs is 1. The van der Waals surface area contributed by atoms with Crippen molar-refractivity contribution in [2.75, 3.05) is 26.7 Å². The molecule has 0 fully saturated rings. The normalized spacial score (nSPS) is 20.1. The molecule has 1 N–H and O–H groups in total. The standard InChI is InChI=1S/C29H34N2O5S/c1-21-18-31(22(2)20-32)37(34,35)28-15-14-25(24-12-8-5-9-13-24)17-26(28)36-27(21)19-30(3)29(33)16-23-10-6-4-7-11-23/h4-15,17,21-22,27,32H,16,18-20H2,1-3H3/t21-,22+,27-/m1/s1. The summed E-state index contributed by atoms with van der Waals surface area (Å²) in [5.41, 5.74) is 2.70. The van der Waals surface area contributed by atoms with Crippen LogP contribution in [0, 0.1) is 5.92 Å². The number of hydrogen-bond donors (Lipinski definition) is 1. The summed E-state index contributed by atoms with van der Waals surface area (Å²) in [5.74, 6) is -0.0447. The van der Waals surface area contributed by atoms with E-state index >= 15 is 0 Å². The highest BCUT2D eigenvalue weighted by Gasteiger charge is 2.38. The SMILES string of the molecule is C[C@@H]1CN([C@@H](C)CO)S(=O)(=O)c2ccc(-c3ccccc3)cc2O[C@@H]1CN(C)C(=O)Cc1ccccc1. The van der Waals surface area contributed by atoms with E-state index in [1.165, 1.54) is 4.31 Å². The van der Waals surface area contributed by atoms with Crippen LogP contribution in [0.1, 0.15) is 19.4 Å². The molecule has 196 valence electrons. The number of ether oxygens (including phenoxy) is 1. The second kappa shape index (κ2) is 11.5. The van der Waals surface area contributed by atoms with Gasteiger partial charge < -0.3 is 14.7 Å². The number of aliphatic hydroxyl groups is 1. The largest absolute Gasteiger partial charge is 0.487 e. The van der Waals surface area contributed by atoms with Gasteiger partial charge in [-0.2, -0.15) is 4.31 Å². The van der Waals surface area contributed by atoms with E-state index in [-0.39, 0.29) is 42.0 Å². The first-order valence-corrected chi connectivity index (χ1v) is 13.9. The van der Waals surface area contributed by atoms with Crippen molar-refractivity contribution in [2.24, 2.45) is 5.92 Å².